The summed E-state index contributed by atoms with van der Waals surface area (Å²) in [4.78, 5) is 30.1. The lowest BCUT2D eigenvalue weighted by molar-refractivity contribution is -0.119. The van der Waals surface area contributed by atoms with E-state index in [2.05, 4.69) is 15.6 Å². The average Bonchev–Trinajstić information content (AvgIpc) is 3.01. The Bertz CT molecular complexity index is 557. The molecular formula is C18H26N4O2. The number of rotatable bonds is 5. The Labute approximate surface area is 143 Å². The van der Waals surface area contributed by atoms with Crippen LogP contribution >= 0.6 is 0 Å². The van der Waals surface area contributed by atoms with Gasteiger partial charge in [0, 0.05) is 44.0 Å². The molecular weight excluding hydrogens is 304 g/mol. The third kappa shape index (κ3) is 4.69. The highest BCUT2D eigenvalue weighted by Crippen LogP contribution is 2.18. The van der Waals surface area contributed by atoms with Gasteiger partial charge in [-0.25, -0.2) is 4.79 Å². The zero-order valence-corrected chi connectivity index (χ0v) is 14.0. The Kier molecular flexibility index (Phi) is 5.67. The van der Waals surface area contributed by atoms with E-state index in [1.807, 2.05) is 17.0 Å². The van der Waals surface area contributed by atoms with Crippen molar-refractivity contribution in [2.24, 2.45) is 0 Å². The van der Waals surface area contributed by atoms with E-state index in [9.17, 15) is 9.59 Å². The fourth-order valence-corrected chi connectivity index (χ4v) is 3.52. The number of carbonyl (C=O) groups excluding carboxylic acids is 2. The van der Waals surface area contributed by atoms with Gasteiger partial charge in [0.05, 0.1) is 0 Å². The zero-order chi connectivity index (χ0) is 16.8. The van der Waals surface area contributed by atoms with Crippen molar-refractivity contribution in [3.05, 3.63) is 30.1 Å². The number of aromatic nitrogens is 1. The van der Waals surface area contributed by atoms with Crippen molar-refractivity contribution in [2.45, 2.75) is 63.6 Å². The molecule has 0 unspecified atom stereocenters. The minimum atomic E-state index is -0.0353. The number of pyridine rings is 1. The van der Waals surface area contributed by atoms with E-state index < -0.39 is 0 Å². The molecule has 1 atom stereocenters. The largest absolute Gasteiger partial charge is 0.352 e. The van der Waals surface area contributed by atoms with Gasteiger partial charge >= 0.3 is 6.03 Å². The summed E-state index contributed by atoms with van der Waals surface area (Å²) in [6.45, 7) is 1.05. The van der Waals surface area contributed by atoms with Crippen LogP contribution in [0, 0.1) is 0 Å². The van der Waals surface area contributed by atoms with Gasteiger partial charge in [-0.15, -0.1) is 0 Å². The summed E-state index contributed by atoms with van der Waals surface area (Å²) in [6, 6.07) is 4.14. The van der Waals surface area contributed by atoms with Crippen LogP contribution in [0.2, 0.25) is 0 Å². The molecule has 2 heterocycles. The molecule has 0 aromatic carbocycles. The van der Waals surface area contributed by atoms with Gasteiger partial charge in [0.1, 0.15) is 0 Å². The average molecular weight is 330 g/mol. The molecule has 1 aromatic rings. The monoisotopic (exact) mass is 330 g/mol. The minimum Gasteiger partial charge on any atom is -0.352 e. The lowest BCUT2D eigenvalue weighted by Crippen LogP contribution is -2.49. The first-order valence-electron chi connectivity index (χ1n) is 8.94. The second kappa shape index (κ2) is 8.13. The first-order chi connectivity index (χ1) is 11.7. The lowest BCUT2D eigenvalue weighted by atomic mass is 9.96. The van der Waals surface area contributed by atoms with Crippen LogP contribution in [0.25, 0.3) is 0 Å². The normalized spacial score (nSPS) is 21.3. The van der Waals surface area contributed by atoms with E-state index in [0.29, 0.717) is 19.5 Å². The Balaban J connectivity index is 1.63. The van der Waals surface area contributed by atoms with Crippen LogP contribution in [0.3, 0.4) is 0 Å². The fourth-order valence-electron chi connectivity index (χ4n) is 3.52. The van der Waals surface area contributed by atoms with Crippen molar-refractivity contribution in [1.82, 2.24) is 20.5 Å². The topological polar surface area (TPSA) is 74.3 Å². The maximum Gasteiger partial charge on any atom is 0.317 e. The Morgan fingerprint density at radius 1 is 1.29 bits per heavy atom. The molecule has 3 rings (SSSR count). The standard InChI is InChI=1S/C18H26N4O2/c23-17-9-8-16(20-17)13-22(12-14-5-4-10-19-11-14)18(24)21-15-6-2-1-3-7-15/h4-5,10-11,15-16H,1-3,6-9,12-13H2,(H,20,23)(H,21,24)/t16-/m0/s1. The quantitative estimate of drug-likeness (QED) is 0.869. The van der Waals surface area contributed by atoms with Crippen LogP contribution in [0.4, 0.5) is 4.79 Å². The van der Waals surface area contributed by atoms with E-state index in [1.165, 1.54) is 19.3 Å². The molecule has 1 aliphatic carbocycles. The van der Waals surface area contributed by atoms with Crippen molar-refractivity contribution in [1.29, 1.82) is 0 Å². The second-order valence-electron chi connectivity index (χ2n) is 6.83. The van der Waals surface area contributed by atoms with E-state index in [0.717, 1.165) is 24.8 Å². The molecule has 130 valence electrons. The van der Waals surface area contributed by atoms with Crippen LogP contribution in [0.5, 0.6) is 0 Å². The van der Waals surface area contributed by atoms with E-state index in [1.54, 1.807) is 12.4 Å². The van der Waals surface area contributed by atoms with Crippen molar-refractivity contribution >= 4 is 11.9 Å². The van der Waals surface area contributed by atoms with E-state index in [4.69, 9.17) is 0 Å². The Hall–Kier alpha value is -2.11. The highest BCUT2D eigenvalue weighted by Gasteiger charge is 2.26. The molecule has 6 heteroatoms. The maximum absolute atomic E-state index is 12.8. The SMILES string of the molecule is O=C1CC[C@@H](CN(Cc2cccnc2)C(=O)NC2CCCCC2)N1. The molecule has 2 aliphatic rings. The van der Waals surface area contributed by atoms with Gasteiger partial charge in [0.15, 0.2) is 0 Å². The Morgan fingerprint density at radius 3 is 2.79 bits per heavy atom. The number of hydrogen-bond acceptors (Lipinski definition) is 3. The molecule has 1 aromatic heterocycles. The molecule has 1 aliphatic heterocycles. The van der Waals surface area contributed by atoms with Crippen molar-refractivity contribution in [2.75, 3.05) is 6.54 Å². The van der Waals surface area contributed by atoms with Crippen molar-refractivity contribution in [3.8, 4) is 0 Å². The number of nitrogens with zero attached hydrogens (tertiary/aromatic N) is 2. The van der Waals surface area contributed by atoms with Crippen LogP contribution in [0.1, 0.15) is 50.5 Å². The van der Waals surface area contributed by atoms with Gasteiger partial charge in [0.2, 0.25) is 5.91 Å². The molecule has 0 radical (unpaired) electrons. The third-order valence-electron chi connectivity index (χ3n) is 4.84. The summed E-state index contributed by atoms with van der Waals surface area (Å²) in [6.07, 6.45) is 10.6. The highest BCUT2D eigenvalue weighted by molar-refractivity contribution is 5.79. The molecule has 0 spiro atoms. The molecule has 2 N–H and O–H groups in total. The fraction of sp³-hybridized carbons (Fsp3) is 0.611. The molecule has 0 bridgehead atoms. The van der Waals surface area contributed by atoms with E-state index >= 15 is 0 Å². The van der Waals surface area contributed by atoms with Crippen LogP contribution in [-0.2, 0) is 11.3 Å². The molecule has 24 heavy (non-hydrogen) atoms. The molecule has 1 saturated heterocycles. The second-order valence-corrected chi connectivity index (χ2v) is 6.83. The van der Waals surface area contributed by atoms with Crippen molar-refractivity contribution in [3.63, 3.8) is 0 Å². The van der Waals surface area contributed by atoms with Gasteiger partial charge in [-0.1, -0.05) is 25.3 Å². The molecule has 1 saturated carbocycles. The summed E-state index contributed by atoms with van der Waals surface area (Å²) in [7, 11) is 0. The first kappa shape index (κ1) is 16.7. The molecule has 6 nitrogen and oxygen atoms in total. The maximum atomic E-state index is 12.8. The predicted molar refractivity (Wildman–Crippen MR) is 91.2 cm³/mol. The third-order valence-corrected chi connectivity index (χ3v) is 4.84. The number of nitrogens with one attached hydrogen (secondary N) is 2. The summed E-state index contributed by atoms with van der Waals surface area (Å²) in [5.74, 6) is 0.0778. The van der Waals surface area contributed by atoms with Gasteiger partial charge < -0.3 is 15.5 Å². The number of carbonyl (C=O) groups is 2. The summed E-state index contributed by atoms with van der Waals surface area (Å²) >= 11 is 0. The number of urea groups is 1. The van der Waals surface area contributed by atoms with Crippen LogP contribution in [-0.4, -0.2) is 40.5 Å². The lowest BCUT2D eigenvalue weighted by Gasteiger charge is -2.30. The van der Waals surface area contributed by atoms with E-state index in [-0.39, 0.29) is 24.0 Å². The van der Waals surface area contributed by atoms with Gasteiger partial charge in [-0.05, 0) is 30.9 Å². The predicted octanol–water partition coefficient (Wildman–Crippen LogP) is 2.20. The summed E-state index contributed by atoms with van der Waals surface area (Å²) in [5.41, 5.74) is 1.00. The van der Waals surface area contributed by atoms with Crippen molar-refractivity contribution < 1.29 is 9.59 Å². The Morgan fingerprint density at radius 2 is 2.12 bits per heavy atom. The van der Waals surface area contributed by atoms with Crippen LogP contribution < -0.4 is 10.6 Å². The zero-order valence-electron chi connectivity index (χ0n) is 14.0. The molecule has 3 amide bonds. The minimum absolute atomic E-state index is 0.0353. The van der Waals surface area contributed by atoms with Crippen LogP contribution in [0.15, 0.2) is 24.5 Å². The number of amides is 3. The number of hydrogen-bond donors (Lipinski definition) is 2. The first-order valence-corrected chi connectivity index (χ1v) is 8.94. The smallest absolute Gasteiger partial charge is 0.317 e. The summed E-state index contributed by atoms with van der Waals surface area (Å²) < 4.78 is 0. The highest BCUT2D eigenvalue weighted by atomic mass is 16.2. The van der Waals surface area contributed by atoms with Gasteiger partial charge in [0.25, 0.3) is 0 Å². The van der Waals surface area contributed by atoms with Gasteiger partial charge in [-0.2, -0.15) is 0 Å². The summed E-state index contributed by atoms with van der Waals surface area (Å²) in [5, 5.41) is 6.13. The van der Waals surface area contributed by atoms with Gasteiger partial charge in [-0.3, -0.25) is 9.78 Å². The molecule has 2 fully saturated rings.